The van der Waals surface area contributed by atoms with Crippen LogP contribution in [0.4, 0.5) is 17.3 Å². The van der Waals surface area contributed by atoms with Crippen molar-refractivity contribution in [2.24, 2.45) is 0 Å². The molecule has 0 radical (unpaired) electrons. The molecule has 4 rings (SSSR count). The van der Waals surface area contributed by atoms with Gasteiger partial charge in [-0.25, -0.2) is 4.98 Å². The molecule has 1 aromatic carbocycles. The first-order chi connectivity index (χ1) is 14.1. The minimum atomic E-state index is -0.00791. The number of carbonyl (C=O) groups is 1. The zero-order valence-corrected chi connectivity index (χ0v) is 16.5. The number of piperazine rings is 1. The van der Waals surface area contributed by atoms with Crippen molar-refractivity contribution in [1.82, 2.24) is 15.0 Å². The SMILES string of the molecule is COc1ccccc1N1CCN(C(=O)c2ccnc(Nc3cc(C)on3)c2)CC1. The van der Waals surface area contributed by atoms with Gasteiger partial charge in [0, 0.05) is 44.0 Å². The Hall–Kier alpha value is -3.55. The fourth-order valence-corrected chi connectivity index (χ4v) is 3.41. The lowest BCUT2D eigenvalue weighted by Gasteiger charge is -2.36. The van der Waals surface area contributed by atoms with Gasteiger partial charge in [0.05, 0.1) is 12.8 Å². The number of aromatic nitrogens is 2. The number of aryl methyl sites for hydroxylation is 1. The maximum Gasteiger partial charge on any atom is 0.254 e. The Balaban J connectivity index is 1.41. The van der Waals surface area contributed by atoms with Gasteiger partial charge in [-0.3, -0.25) is 4.79 Å². The molecule has 1 fully saturated rings. The molecule has 0 spiro atoms. The molecule has 0 saturated carbocycles. The number of anilines is 3. The number of para-hydroxylation sites is 2. The summed E-state index contributed by atoms with van der Waals surface area (Å²) in [5.41, 5.74) is 1.65. The van der Waals surface area contributed by atoms with E-state index in [1.807, 2.05) is 36.1 Å². The highest BCUT2D eigenvalue weighted by atomic mass is 16.5. The highest BCUT2D eigenvalue weighted by molar-refractivity contribution is 5.95. The molecule has 0 atom stereocenters. The smallest absolute Gasteiger partial charge is 0.254 e. The molecule has 1 aliphatic heterocycles. The average Bonchev–Trinajstić information content (AvgIpc) is 3.18. The minimum Gasteiger partial charge on any atom is -0.495 e. The molecule has 3 aromatic rings. The van der Waals surface area contributed by atoms with Crippen LogP contribution in [0.5, 0.6) is 5.75 Å². The lowest BCUT2D eigenvalue weighted by Crippen LogP contribution is -2.48. The van der Waals surface area contributed by atoms with E-state index >= 15 is 0 Å². The maximum absolute atomic E-state index is 13.0. The van der Waals surface area contributed by atoms with Gasteiger partial charge in [-0.2, -0.15) is 0 Å². The zero-order chi connectivity index (χ0) is 20.2. The van der Waals surface area contributed by atoms with Crippen LogP contribution < -0.4 is 15.0 Å². The minimum absolute atomic E-state index is 0.00791. The third kappa shape index (κ3) is 4.16. The number of benzene rings is 1. The fourth-order valence-electron chi connectivity index (χ4n) is 3.41. The Morgan fingerprint density at radius 2 is 1.90 bits per heavy atom. The second kappa shape index (κ2) is 8.22. The number of hydrogen-bond donors (Lipinski definition) is 1. The van der Waals surface area contributed by atoms with E-state index in [2.05, 4.69) is 20.4 Å². The molecule has 150 valence electrons. The number of ether oxygens (including phenoxy) is 1. The maximum atomic E-state index is 13.0. The Kier molecular flexibility index (Phi) is 5.33. The second-order valence-corrected chi connectivity index (χ2v) is 6.83. The van der Waals surface area contributed by atoms with Crippen LogP contribution in [0.1, 0.15) is 16.1 Å². The summed E-state index contributed by atoms with van der Waals surface area (Å²) in [5.74, 6) is 2.65. The summed E-state index contributed by atoms with van der Waals surface area (Å²) in [6.07, 6.45) is 1.62. The molecular formula is C21H23N5O3. The number of amides is 1. The third-order valence-electron chi connectivity index (χ3n) is 4.88. The van der Waals surface area contributed by atoms with Gasteiger partial charge in [0.15, 0.2) is 5.82 Å². The van der Waals surface area contributed by atoms with E-state index in [0.717, 1.165) is 24.5 Å². The number of rotatable bonds is 5. The van der Waals surface area contributed by atoms with Crippen molar-refractivity contribution in [1.29, 1.82) is 0 Å². The topological polar surface area (TPSA) is 83.7 Å². The first-order valence-corrected chi connectivity index (χ1v) is 9.47. The van der Waals surface area contributed by atoms with Crippen LogP contribution in [0.25, 0.3) is 0 Å². The molecular weight excluding hydrogens is 370 g/mol. The molecule has 0 aliphatic carbocycles. The van der Waals surface area contributed by atoms with Crippen molar-refractivity contribution in [3.8, 4) is 5.75 Å². The lowest BCUT2D eigenvalue weighted by atomic mass is 10.2. The van der Waals surface area contributed by atoms with Crippen LogP contribution in [0.15, 0.2) is 53.2 Å². The van der Waals surface area contributed by atoms with Gasteiger partial charge < -0.3 is 24.4 Å². The monoisotopic (exact) mass is 393 g/mol. The highest BCUT2D eigenvalue weighted by Gasteiger charge is 2.24. The quantitative estimate of drug-likeness (QED) is 0.713. The van der Waals surface area contributed by atoms with Crippen LogP contribution in [-0.4, -0.2) is 54.2 Å². The van der Waals surface area contributed by atoms with Gasteiger partial charge in [-0.05, 0) is 31.2 Å². The molecule has 1 N–H and O–H groups in total. The molecule has 3 heterocycles. The molecule has 1 amide bonds. The number of carbonyl (C=O) groups excluding carboxylic acids is 1. The predicted molar refractivity (Wildman–Crippen MR) is 110 cm³/mol. The van der Waals surface area contributed by atoms with E-state index in [1.165, 1.54) is 0 Å². The zero-order valence-electron chi connectivity index (χ0n) is 16.5. The Labute approximate surface area is 169 Å². The van der Waals surface area contributed by atoms with Gasteiger partial charge in [-0.15, -0.1) is 0 Å². The lowest BCUT2D eigenvalue weighted by molar-refractivity contribution is 0.0746. The van der Waals surface area contributed by atoms with Crippen molar-refractivity contribution in [3.63, 3.8) is 0 Å². The molecule has 1 saturated heterocycles. The number of methoxy groups -OCH3 is 1. The second-order valence-electron chi connectivity index (χ2n) is 6.83. The van der Waals surface area contributed by atoms with Gasteiger partial charge >= 0.3 is 0 Å². The molecule has 29 heavy (non-hydrogen) atoms. The first kappa shape index (κ1) is 18.8. The number of nitrogens with zero attached hydrogens (tertiary/aromatic N) is 4. The van der Waals surface area contributed by atoms with E-state index in [1.54, 1.807) is 31.5 Å². The van der Waals surface area contributed by atoms with Crippen LogP contribution >= 0.6 is 0 Å². The van der Waals surface area contributed by atoms with Crippen molar-refractivity contribution in [3.05, 3.63) is 60.0 Å². The summed E-state index contributed by atoms with van der Waals surface area (Å²) in [7, 11) is 1.67. The summed E-state index contributed by atoms with van der Waals surface area (Å²) >= 11 is 0. The molecule has 0 bridgehead atoms. The predicted octanol–water partition coefficient (Wildman–Crippen LogP) is 3.09. The van der Waals surface area contributed by atoms with E-state index in [0.29, 0.717) is 36.0 Å². The largest absolute Gasteiger partial charge is 0.495 e. The van der Waals surface area contributed by atoms with E-state index in [9.17, 15) is 4.79 Å². The normalized spacial score (nSPS) is 14.0. The average molecular weight is 393 g/mol. The summed E-state index contributed by atoms with van der Waals surface area (Å²) in [6.45, 7) is 4.60. The Bertz CT molecular complexity index is 995. The van der Waals surface area contributed by atoms with Crippen molar-refractivity contribution in [2.75, 3.05) is 43.5 Å². The Morgan fingerprint density at radius 3 is 2.62 bits per heavy atom. The van der Waals surface area contributed by atoms with Crippen molar-refractivity contribution < 1.29 is 14.1 Å². The van der Waals surface area contributed by atoms with Gasteiger partial charge in [0.2, 0.25) is 0 Å². The molecule has 8 nitrogen and oxygen atoms in total. The first-order valence-electron chi connectivity index (χ1n) is 9.47. The van der Waals surface area contributed by atoms with E-state index in [-0.39, 0.29) is 5.91 Å². The van der Waals surface area contributed by atoms with Gasteiger partial charge in [0.25, 0.3) is 5.91 Å². The fraction of sp³-hybridized carbons (Fsp3) is 0.286. The van der Waals surface area contributed by atoms with Gasteiger partial charge in [0.1, 0.15) is 17.3 Å². The van der Waals surface area contributed by atoms with E-state index in [4.69, 9.17) is 9.26 Å². The number of nitrogens with one attached hydrogen (secondary N) is 1. The summed E-state index contributed by atoms with van der Waals surface area (Å²) in [6, 6.07) is 13.2. The molecule has 1 aliphatic rings. The van der Waals surface area contributed by atoms with Crippen LogP contribution in [0, 0.1) is 6.92 Å². The number of pyridine rings is 1. The summed E-state index contributed by atoms with van der Waals surface area (Å²) in [4.78, 5) is 21.3. The van der Waals surface area contributed by atoms with Crippen LogP contribution in [0.2, 0.25) is 0 Å². The highest BCUT2D eigenvalue weighted by Crippen LogP contribution is 2.28. The van der Waals surface area contributed by atoms with Crippen LogP contribution in [-0.2, 0) is 0 Å². The summed E-state index contributed by atoms with van der Waals surface area (Å²) in [5, 5.41) is 6.94. The number of hydrogen-bond acceptors (Lipinski definition) is 7. The Morgan fingerprint density at radius 1 is 1.10 bits per heavy atom. The van der Waals surface area contributed by atoms with Crippen molar-refractivity contribution in [2.45, 2.75) is 6.92 Å². The van der Waals surface area contributed by atoms with Crippen LogP contribution in [0.3, 0.4) is 0 Å². The standard InChI is InChI=1S/C21H23N5O3/c1-15-13-20(24-29-15)23-19-14-16(7-8-22-19)21(27)26-11-9-25(10-12-26)17-5-3-4-6-18(17)28-2/h3-8,13-14H,9-12H2,1-2H3,(H,22,23,24). The molecule has 0 unspecified atom stereocenters. The third-order valence-corrected chi connectivity index (χ3v) is 4.88. The molecule has 8 heteroatoms. The van der Waals surface area contributed by atoms with Gasteiger partial charge in [-0.1, -0.05) is 17.3 Å². The molecule has 2 aromatic heterocycles. The summed E-state index contributed by atoms with van der Waals surface area (Å²) < 4.78 is 10.5. The van der Waals surface area contributed by atoms with Crippen molar-refractivity contribution >= 4 is 23.2 Å². The van der Waals surface area contributed by atoms with E-state index < -0.39 is 0 Å².